The minimum absolute atomic E-state index is 0.0919. The van der Waals surface area contributed by atoms with Crippen LogP contribution in [0.5, 0.6) is 11.6 Å². The van der Waals surface area contributed by atoms with Crippen LogP contribution in [0.25, 0.3) is 0 Å². The van der Waals surface area contributed by atoms with Gasteiger partial charge in [0.1, 0.15) is 11.4 Å². The minimum Gasteiger partial charge on any atom is -0.434 e. The molecule has 6 nitrogen and oxygen atoms in total. The van der Waals surface area contributed by atoms with Gasteiger partial charge < -0.3 is 4.74 Å². The van der Waals surface area contributed by atoms with E-state index < -0.39 is 4.92 Å². The highest BCUT2D eigenvalue weighted by atomic mass is 35.5. The largest absolute Gasteiger partial charge is 0.434 e. The van der Waals surface area contributed by atoms with Gasteiger partial charge in [0.2, 0.25) is 5.28 Å². The summed E-state index contributed by atoms with van der Waals surface area (Å²) in [5.74, 6) is 0.297. The van der Waals surface area contributed by atoms with Gasteiger partial charge in [-0.25, -0.2) is 4.98 Å². The van der Waals surface area contributed by atoms with E-state index in [1.807, 2.05) is 13.0 Å². The van der Waals surface area contributed by atoms with E-state index in [1.165, 1.54) is 6.92 Å². The Labute approximate surface area is 114 Å². The van der Waals surface area contributed by atoms with Gasteiger partial charge in [-0.3, -0.25) is 10.1 Å². The van der Waals surface area contributed by atoms with Crippen molar-refractivity contribution in [2.45, 2.75) is 13.8 Å². The fourth-order valence-corrected chi connectivity index (χ4v) is 1.78. The number of nitro groups is 1. The first-order valence-electron chi connectivity index (χ1n) is 5.40. The summed E-state index contributed by atoms with van der Waals surface area (Å²) >= 11 is 5.70. The van der Waals surface area contributed by atoms with Gasteiger partial charge >= 0.3 is 11.6 Å². The van der Waals surface area contributed by atoms with Crippen LogP contribution < -0.4 is 4.74 Å². The van der Waals surface area contributed by atoms with E-state index in [-0.39, 0.29) is 22.5 Å². The van der Waals surface area contributed by atoms with Crippen molar-refractivity contribution in [2.75, 3.05) is 0 Å². The third-order valence-electron chi connectivity index (χ3n) is 2.39. The highest BCUT2D eigenvalue weighted by Gasteiger charge is 2.23. The molecule has 0 atom stereocenters. The zero-order valence-electron chi connectivity index (χ0n) is 10.3. The average molecular weight is 280 g/mol. The van der Waals surface area contributed by atoms with Gasteiger partial charge in [0.05, 0.1) is 4.92 Å². The molecule has 0 N–H and O–H groups in total. The first-order valence-corrected chi connectivity index (χ1v) is 5.78. The third kappa shape index (κ3) is 2.97. The van der Waals surface area contributed by atoms with E-state index in [9.17, 15) is 10.1 Å². The number of hydrogen-bond acceptors (Lipinski definition) is 5. The van der Waals surface area contributed by atoms with Crippen LogP contribution >= 0.6 is 11.6 Å². The van der Waals surface area contributed by atoms with E-state index >= 15 is 0 Å². The first-order chi connectivity index (χ1) is 8.97. The van der Waals surface area contributed by atoms with Crippen molar-refractivity contribution in [1.29, 1.82) is 0 Å². The molecule has 0 spiro atoms. The van der Waals surface area contributed by atoms with Crippen LogP contribution in [-0.4, -0.2) is 14.9 Å². The zero-order chi connectivity index (χ0) is 14.0. The number of aromatic nitrogens is 2. The normalized spacial score (nSPS) is 10.3. The highest BCUT2D eigenvalue weighted by molar-refractivity contribution is 6.28. The summed E-state index contributed by atoms with van der Waals surface area (Å²) in [5, 5.41) is 10.9. The van der Waals surface area contributed by atoms with Crippen LogP contribution in [0.15, 0.2) is 24.3 Å². The van der Waals surface area contributed by atoms with E-state index in [0.717, 1.165) is 5.56 Å². The molecule has 0 amide bonds. The summed E-state index contributed by atoms with van der Waals surface area (Å²) in [6.07, 6.45) is 0. The molecule has 0 saturated carbocycles. The number of aryl methyl sites for hydroxylation is 2. The molecule has 0 saturated heterocycles. The molecule has 0 aliphatic heterocycles. The lowest BCUT2D eigenvalue weighted by atomic mass is 10.2. The molecule has 1 aromatic heterocycles. The molecule has 19 heavy (non-hydrogen) atoms. The van der Waals surface area contributed by atoms with Crippen molar-refractivity contribution in [3.8, 4) is 11.6 Å². The second-order valence-electron chi connectivity index (χ2n) is 3.91. The molecule has 2 aromatic rings. The maximum absolute atomic E-state index is 11.0. The fraction of sp³-hybridized carbons (Fsp3) is 0.167. The van der Waals surface area contributed by atoms with Gasteiger partial charge in [0.25, 0.3) is 0 Å². The van der Waals surface area contributed by atoms with Gasteiger partial charge in [0.15, 0.2) is 0 Å². The van der Waals surface area contributed by atoms with Gasteiger partial charge in [-0.1, -0.05) is 12.1 Å². The molecule has 2 rings (SSSR count). The molecule has 0 fully saturated rings. The number of halogens is 1. The predicted molar refractivity (Wildman–Crippen MR) is 69.7 cm³/mol. The molecule has 1 aromatic carbocycles. The summed E-state index contributed by atoms with van der Waals surface area (Å²) in [6, 6.07) is 7.10. The Morgan fingerprint density at radius 1 is 1.32 bits per heavy atom. The van der Waals surface area contributed by atoms with E-state index in [2.05, 4.69) is 9.97 Å². The first kappa shape index (κ1) is 13.2. The average Bonchev–Trinajstić information content (AvgIpc) is 2.26. The maximum Gasteiger partial charge on any atom is 0.352 e. The molecular weight excluding hydrogens is 270 g/mol. The van der Waals surface area contributed by atoms with Gasteiger partial charge in [-0.15, -0.1) is 0 Å². The Balaban J connectivity index is 2.47. The highest BCUT2D eigenvalue weighted by Crippen LogP contribution is 2.32. The minimum atomic E-state index is -0.587. The Hall–Kier alpha value is -2.21. The van der Waals surface area contributed by atoms with Crippen LogP contribution in [0.2, 0.25) is 5.28 Å². The van der Waals surface area contributed by atoms with Crippen LogP contribution in [0.3, 0.4) is 0 Å². The lowest BCUT2D eigenvalue weighted by molar-refractivity contribution is -0.386. The van der Waals surface area contributed by atoms with E-state index in [0.29, 0.717) is 5.75 Å². The Morgan fingerprint density at radius 2 is 2.05 bits per heavy atom. The smallest absolute Gasteiger partial charge is 0.352 e. The van der Waals surface area contributed by atoms with E-state index in [4.69, 9.17) is 16.3 Å². The summed E-state index contributed by atoms with van der Waals surface area (Å²) in [5.41, 5.74) is 0.843. The second kappa shape index (κ2) is 5.19. The quantitative estimate of drug-likeness (QED) is 0.488. The topological polar surface area (TPSA) is 78.2 Å². The number of benzene rings is 1. The van der Waals surface area contributed by atoms with Crippen LogP contribution in [0, 0.1) is 24.0 Å². The summed E-state index contributed by atoms with van der Waals surface area (Å²) in [4.78, 5) is 17.9. The third-order valence-corrected chi connectivity index (χ3v) is 2.55. The lowest BCUT2D eigenvalue weighted by Crippen LogP contribution is -2.01. The zero-order valence-corrected chi connectivity index (χ0v) is 11.0. The van der Waals surface area contributed by atoms with E-state index in [1.54, 1.807) is 18.2 Å². The van der Waals surface area contributed by atoms with Crippen LogP contribution in [0.4, 0.5) is 5.69 Å². The second-order valence-corrected chi connectivity index (χ2v) is 4.25. The summed E-state index contributed by atoms with van der Waals surface area (Å²) in [6.45, 7) is 3.37. The van der Waals surface area contributed by atoms with Crippen molar-refractivity contribution in [2.24, 2.45) is 0 Å². The molecule has 0 radical (unpaired) electrons. The number of ether oxygens (including phenoxy) is 1. The standard InChI is InChI=1S/C12H10ClN3O3/c1-7-4-3-5-9(6-7)19-11-10(16(17)18)8(2)14-12(13)15-11/h3-6H,1-2H3. The Morgan fingerprint density at radius 3 is 2.68 bits per heavy atom. The molecule has 1 heterocycles. The molecule has 0 aliphatic carbocycles. The van der Waals surface area contributed by atoms with Gasteiger partial charge in [-0.2, -0.15) is 4.98 Å². The lowest BCUT2D eigenvalue weighted by Gasteiger charge is -2.07. The van der Waals surface area contributed by atoms with Gasteiger partial charge in [-0.05, 0) is 43.1 Å². The Bertz CT molecular complexity index is 646. The van der Waals surface area contributed by atoms with Crippen molar-refractivity contribution in [3.05, 3.63) is 50.9 Å². The van der Waals surface area contributed by atoms with Crippen LogP contribution in [-0.2, 0) is 0 Å². The van der Waals surface area contributed by atoms with Crippen molar-refractivity contribution >= 4 is 17.3 Å². The number of nitrogens with zero attached hydrogens (tertiary/aromatic N) is 3. The molecule has 98 valence electrons. The summed E-state index contributed by atoms with van der Waals surface area (Å²) < 4.78 is 5.44. The monoisotopic (exact) mass is 279 g/mol. The van der Waals surface area contributed by atoms with Crippen LogP contribution in [0.1, 0.15) is 11.3 Å². The Kier molecular flexibility index (Phi) is 3.62. The predicted octanol–water partition coefficient (Wildman–Crippen LogP) is 3.45. The maximum atomic E-state index is 11.0. The number of hydrogen-bond donors (Lipinski definition) is 0. The SMILES string of the molecule is Cc1cccc(Oc2nc(Cl)nc(C)c2[N+](=O)[O-])c1. The van der Waals surface area contributed by atoms with Crippen molar-refractivity contribution in [3.63, 3.8) is 0 Å². The molecule has 0 unspecified atom stereocenters. The molecule has 7 heteroatoms. The molecule has 0 bridgehead atoms. The number of rotatable bonds is 3. The van der Waals surface area contributed by atoms with Gasteiger partial charge in [0, 0.05) is 0 Å². The summed E-state index contributed by atoms with van der Waals surface area (Å²) in [7, 11) is 0. The van der Waals surface area contributed by atoms with Crippen molar-refractivity contribution < 1.29 is 9.66 Å². The molecular formula is C12H10ClN3O3. The molecule has 0 aliphatic rings. The fourth-order valence-electron chi connectivity index (χ4n) is 1.58. The van der Waals surface area contributed by atoms with Crippen molar-refractivity contribution in [1.82, 2.24) is 9.97 Å².